The van der Waals surface area contributed by atoms with Crippen LogP contribution in [0.5, 0.6) is 0 Å². The summed E-state index contributed by atoms with van der Waals surface area (Å²) < 4.78 is 2.66. The van der Waals surface area contributed by atoms with E-state index in [1.165, 1.54) is 99.8 Å². The first-order chi connectivity index (χ1) is 32.0. The number of benzene rings is 8. The molecule has 0 spiro atoms. The standard InChI is InChI=1S/C64H61N3/c1-61(2,3)44-24-30-46(31-25-44)65(48-28-22-40-16-11-13-18-42(40)34-48)50-36-52-53-37-51(66(47-32-26-45(27-33-47)62(4,5)6)49-29-23-41-17-12-14-19-43(41)35-49)39-57-59(53)67-58(52)56(38-50)63(7,8)54-20-15-21-55(60(54)67)64(57,9)10/h11-13,15-18,20-39H,14,19H2,1-10H3. The number of fused-ring (bicyclic) bond motifs is 3. The van der Waals surface area contributed by atoms with Gasteiger partial charge in [0.1, 0.15) is 0 Å². The molecule has 8 aromatic carbocycles. The van der Waals surface area contributed by atoms with Gasteiger partial charge in [0, 0.05) is 55.7 Å². The predicted octanol–water partition coefficient (Wildman–Crippen LogP) is 17.7. The van der Waals surface area contributed by atoms with E-state index >= 15 is 0 Å². The number of para-hydroxylation sites is 1. The van der Waals surface area contributed by atoms with Gasteiger partial charge in [-0.3, -0.25) is 0 Å². The van der Waals surface area contributed by atoms with Crippen LogP contribution < -0.4 is 9.80 Å². The lowest BCUT2D eigenvalue weighted by molar-refractivity contribution is 0.590. The molecule has 3 nitrogen and oxygen atoms in total. The van der Waals surface area contributed by atoms with Crippen LogP contribution in [0, 0.1) is 0 Å². The Labute approximate surface area is 397 Å². The number of hydrogen-bond donors (Lipinski definition) is 0. The molecule has 12 rings (SSSR count). The Kier molecular flexibility index (Phi) is 8.90. The number of rotatable bonds is 6. The molecule has 0 radical (unpaired) electrons. The van der Waals surface area contributed by atoms with Crippen molar-refractivity contribution >= 4 is 72.8 Å². The summed E-state index contributed by atoms with van der Waals surface area (Å²) in [7, 11) is 0. The fourth-order valence-electron chi connectivity index (χ4n) is 11.8. The van der Waals surface area contributed by atoms with E-state index in [0.717, 1.165) is 29.9 Å². The van der Waals surface area contributed by atoms with Crippen molar-refractivity contribution in [2.45, 2.75) is 104 Å². The first-order valence-corrected chi connectivity index (χ1v) is 24.4. The largest absolute Gasteiger partial charge is 0.310 e. The molecule has 0 amide bonds. The van der Waals surface area contributed by atoms with Gasteiger partial charge in [0.25, 0.3) is 0 Å². The second kappa shape index (κ2) is 14.3. The van der Waals surface area contributed by atoms with E-state index in [1.807, 2.05) is 0 Å². The third kappa shape index (κ3) is 6.30. The maximum atomic E-state index is 2.66. The van der Waals surface area contributed by atoms with Crippen molar-refractivity contribution in [1.82, 2.24) is 4.57 Å². The van der Waals surface area contributed by atoms with Gasteiger partial charge in [0.15, 0.2) is 0 Å². The van der Waals surface area contributed by atoms with Crippen molar-refractivity contribution < 1.29 is 0 Å². The summed E-state index contributed by atoms with van der Waals surface area (Å²) in [4.78, 5) is 5.03. The van der Waals surface area contributed by atoms with Crippen LogP contribution in [0.2, 0.25) is 0 Å². The molecular formula is C64H61N3. The summed E-state index contributed by atoms with van der Waals surface area (Å²) in [6.45, 7) is 23.6. The quantitative estimate of drug-likeness (QED) is 0.165. The van der Waals surface area contributed by atoms with Crippen LogP contribution in [-0.2, 0) is 28.1 Å². The Morgan fingerprint density at radius 2 is 0.940 bits per heavy atom. The zero-order valence-corrected chi connectivity index (χ0v) is 40.8. The Morgan fingerprint density at radius 1 is 0.448 bits per heavy atom. The lowest BCUT2D eigenvalue weighted by atomic mass is 9.68. The summed E-state index contributed by atoms with van der Waals surface area (Å²) in [5.74, 6) is 0. The third-order valence-corrected chi connectivity index (χ3v) is 15.6. The predicted molar refractivity (Wildman–Crippen MR) is 287 cm³/mol. The minimum Gasteiger partial charge on any atom is -0.310 e. The van der Waals surface area contributed by atoms with Crippen molar-refractivity contribution in [2.24, 2.45) is 0 Å². The molecule has 3 aliphatic rings. The molecular weight excluding hydrogens is 811 g/mol. The van der Waals surface area contributed by atoms with Gasteiger partial charge in [-0.1, -0.05) is 160 Å². The Bertz CT molecular complexity index is 3530. The average molecular weight is 872 g/mol. The minimum absolute atomic E-state index is 0.0433. The smallest absolute Gasteiger partial charge is 0.0583 e. The van der Waals surface area contributed by atoms with Crippen LogP contribution in [0.1, 0.15) is 120 Å². The van der Waals surface area contributed by atoms with E-state index in [4.69, 9.17) is 0 Å². The van der Waals surface area contributed by atoms with Crippen molar-refractivity contribution in [3.63, 3.8) is 0 Å². The molecule has 0 saturated carbocycles. The number of anilines is 6. The topological polar surface area (TPSA) is 11.4 Å². The van der Waals surface area contributed by atoms with Crippen molar-refractivity contribution in [1.29, 1.82) is 0 Å². The van der Waals surface area contributed by atoms with Gasteiger partial charge < -0.3 is 14.4 Å². The number of aromatic nitrogens is 1. The molecule has 3 heterocycles. The molecule has 9 aromatic rings. The highest BCUT2D eigenvalue weighted by Crippen LogP contribution is 2.58. The van der Waals surface area contributed by atoms with E-state index in [-0.39, 0.29) is 21.7 Å². The summed E-state index contributed by atoms with van der Waals surface area (Å²) >= 11 is 0. The van der Waals surface area contributed by atoms with Crippen LogP contribution in [0.3, 0.4) is 0 Å². The fourth-order valence-corrected chi connectivity index (χ4v) is 11.8. The van der Waals surface area contributed by atoms with E-state index < -0.39 is 0 Å². The van der Waals surface area contributed by atoms with Crippen LogP contribution in [0.25, 0.3) is 44.3 Å². The van der Waals surface area contributed by atoms with Crippen molar-refractivity contribution in [2.75, 3.05) is 9.80 Å². The lowest BCUT2D eigenvalue weighted by Gasteiger charge is -2.42. The Morgan fingerprint density at radius 3 is 1.48 bits per heavy atom. The average Bonchev–Trinajstić information content (AvgIpc) is 3.64. The number of nitrogens with zero attached hydrogens (tertiary/aromatic N) is 3. The normalized spacial score (nSPS) is 15.4. The van der Waals surface area contributed by atoms with Gasteiger partial charge in [-0.15, -0.1) is 0 Å². The van der Waals surface area contributed by atoms with Gasteiger partial charge in [-0.25, -0.2) is 0 Å². The maximum Gasteiger partial charge on any atom is 0.0583 e. The van der Waals surface area contributed by atoms with Crippen LogP contribution in [0.4, 0.5) is 34.1 Å². The number of hydrogen-bond acceptors (Lipinski definition) is 2. The monoisotopic (exact) mass is 871 g/mol. The molecule has 0 unspecified atom stereocenters. The van der Waals surface area contributed by atoms with Gasteiger partial charge in [0.05, 0.1) is 16.7 Å². The highest BCUT2D eigenvalue weighted by atomic mass is 15.2. The molecule has 2 aliphatic heterocycles. The van der Waals surface area contributed by atoms with E-state index in [2.05, 4.69) is 247 Å². The Balaban J connectivity index is 1.18. The van der Waals surface area contributed by atoms with Gasteiger partial charge in [-0.2, -0.15) is 0 Å². The van der Waals surface area contributed by atoms with Gasteiger partial charge in [-0.05, 0) is 152 Å². The summed E-state index contributed by atoms with van der Waals surface area (Å²) in [5.41, 5.74) is 21.4. The molecule has 0 saturated heterocycles. The van der Waals surface area contributed by atoms with E-state index in [0.29, 0.717) is 0 Å². The number of aryl methyl sites for hydroxylation is 1. The maximum absolute atomic E-state index is 2.66. The molecule has 332 valence electrons. The zero-order chi connectivity index (χ0) is 46.4. The zero-order valence-electron chi connectivity index (χ0n) is 40.8. The van der Waals surface area contributed by atoms with Crippen molar-refractivity contribution in [3.05, 3.63) is 202 Å². The van der Waals surface area contributed by atoms with Gasteiger partial charge >= 0.3 is 0 Å². The lowest BCUT2D eigenvalue weighted by Crippen LogP contribution is -2.33. The molecule has 67 heavy (non-hydrogen) atoms. The van der Waals surface area contributed by atoms with Crippen LogP contribution in [0.15, 0.2) is 158 Å². The molecule has 0 fully saturated rings. The molecule has 1 aliphatic carbocycles. The van der Waals surface area contributed by atoms with Crippen LogP contribution in [-0.4, -0.2) is 4.57 Å². The molecule has 0 bridgehead atoms. The highest BCUT2D eigenvalue weighted by Gasteiger charge is 2.44. The van der Waals surface area contributed by atoms with E-state index in [9.17, 15) is 0 Å². The van der Waals surface area contributed by atoms with E-state index in [1.54, 1.807) is 0 Å². The van der Waals surface area contributed by atoms with Crippen LogP contribution >= 0.6 is 0 Å². The number of allylic oxidation sites excluding steroid dienone is 1. The second-order valence-electron chi connectivity index (χ2n) is 22.7. The first-order valence-electron chi connectivity index (χ1n) is 24.4. The fraction of sp³-hybridized carbons (Fsp3) is 0.250. The van der Waals surface area contributed by atoms with Gasteiger partial charge in [0.2, 0.25) is 0 Å². The minimum atomic E-state index is -0.274. The summed E-state index contributed by atoms with van der Waals surface area (Å²) in [6.07, 6.45) is 6.72. The summed E-state index contributed by atoms with van der Waals surface area (Å²) in [6, 6.07) is 58.6. The Hall–Kier alpha value is -6.84. The highest BCUT2D eigenvalue weighted by molar-refractivity contribution is 6.16. The molecule has 3 heteroatoms. The summed E-state index contributed by atoms with van der Waals surface area (Å²) in [5, 5.41) is 5.04. The molecule has 1 aromatic heterocycles. The van der Waals surface area contributed by atoms with Crippen molar-refractivity contribution in [3.8, 4) is 5.69 Å². The molecule has 0 atom stereocenters. The first kappa shape index (κ1) is 41.6. The second-order valence-corrected chi connectivity index (χ2v) is 22.7. The molecule has 0 N–H and O–H groups in total. The third-order valence-electron chi connectivity index (χ3n) is 15.6. The SMILES string of the molecule is CC(C)(C)c1ccc(N(c2ccc3c(c2)CCC=C3)c2cc3c4c(c2)c2cc(N(c5ccc(C(C)(C)C)cc5)c5ccc6ccccc6c5)cc5c2n4-c2c(cccc2C5(C)C)C3(C)C)cc1.